The molecule has 2 aromatic carbocycles. The first kappa shape index (κ1) is 15.4. The van der Waals surface area contributed by atoms with Gasteiger partial charge in [0.2, 0.25) is 0 Å². The Morgan fingerprint density at radius 3 is 2.29 bits per heavy atom. The predicted octanol–water partition coefficient (Wildman–Crippen LogP) is 3.57. The smallest absolute Gasteiger partial charge is 0.123 e. The standard InChI is InChI=1S/C18H24N2O/c1-14(2)20(17-10-8-15(12-19)9-11-17)13-16-6-4-5-7-18(16)21-3/h4-11,14H,12-13,19H2,1-3H3. The molecule has 0 radical (unpaired) electrons. The number of anilines is 1. The van der Waals surface area contributed by atoms with Gasteiger partial charge in [0.1, 0.15) is 5.75 Å². The normalized spacial score (nSPS) is 10.7. The summed E-state index contributed by atoms with van der Waals surface area (Å²) in [6.07, 6.45) is 0. The highest BCUT2D eigenvalue weighted by Gasteiger charge is 2.13. The maximum atomic E-state index is 5.67. The van der Waals surface area contributed by atoms with E-state index in [1.807, 2.05) is 18.2 Å². The van der Waals surface area contributed by atoms with Gasteiger partial charge in [0.25, 0.3) is 0 Å². The van der Waals surface area contributed by atoms with Crippen molar-refractivity contribution in [2.45, 2.75) is 33.0 Å². The van der Waals surface area contributed by atoms with Gasteiger partial charge in [-0.1, -0.05) is 30.3 Å². The molecule has 0 saturated heterocycles. The van der Waals surface area contributed by atoms with Crippen molar-refractivity contribution in [3.05, 3.63) is 59.7 Å². The summed E-state index contributed by atoms with van der Waals surface area (Å²) < 4.78 is 5.46. The Bertz CT molecular complexity index is 564. The van der Waals surface area contributed by atoms with Crippen molar-refractivity contribution in [1.82, 2.24) is 0 Å². The maximum absolute atomic E-state index is 5.67. The topological polar surface area (TPSA) is 38.5 Å². The van der Waals surface area contributed by atoms with Crippen molar-refractivity contribution in [3.8, 4) is 5.75 Å². The highest BCUT2D eigenvalue weighted by atomic mass is 16.5. The van der Waals surface area contributed by atoms with E-state index in [-0.39, 0.29) is 0 Å². The van der Waals surface area contributed by atoms with Crippen LogP contribution >= 0.6 is 0 Å². The van der Waals surface area contributed by atoms with Crippen molar-refractivity contribution >= 4 is 5.69 Å². The van der Waals surface area contributed by atoms with E-state index in [9.17, 15) is 0 Å². The van der Waals surface area contributed by atoms with E-state index in [0.29, 0.717) is 12.6 Å². The Morgan fingerprint density at radius 2 is 1.71 bits per heavy atom. The molecular weight excluding hydrogens is 260 g/mol. The second-order valence-electron chi connectivity index (χ2n) is 5.40. The molecule has 2 N–H and O–H groups in total. The summed E-state index contributed by atoms with van der Waals surface area (Å²) in [4.78, 5) is 2.36. The van der Waals surface area contributed by atoms with Gasteiger partial charge in [-0.25, -0.2) is 0 Å². The number of nitrogens with two attached hydrogens (primary N) is 1. The number of nitrogens with zero attached hydrogens (tertiary/aromatic N) is 1. The molecular formula is C18H24N2O. The minimum absolute atomic E-state index is 0.402. The highest BCUT2D eigenvalue weighted by Crippen LogP contribution is 2.25. The van der Waals surface area contributed by atoms with Crippen LogP contribution in [0.3, 0.4) is 0 Å². The third kappa shape index (κ3) is 3.76. The number of methoxy groups -OCH3 is 1. The zero-order valence-corrected chi connectivity index (χ0v) is 13.0. The van der Waals surface area contributed by atoms with Crippen LogP contribution < -0.4 is 15.4 Å². The number of benzene rings is 2. The molecule has 0 aliphatic carbocycles. The SMILES string of the molecule is COc1ccccc1CN(c1ccc(CN)cc1)C(C)C. The van der Waals surface area contributed by atoms with Gasteiger partial charge in [0.15, 0.2) is 0 Å². The fraction of sp³-hybridized carbons (Fsp3) is 0.333. The molecule has 0 bridgehead atoms. The molecule has 0 spiro atoms. The van der Waals surface area contributed by atoms with Crippen LogP contribution in [0, 0.1) is 0 Å². The van der Waals surface area contributed by atoms with Crippen LogP contribution in [0.5, 0.6) is 5.75 Å². The molecule has 0 unspecified atom stereocenters. The van der Waals surface area contributed by atoms with E-state index in [2.05, 4.69) is 49.1 Å². The van der Waals surface area contributed by atoms with Crippen LogP contribution in [0.25, 0.3) is 0 Å². The monoisotopic (exact) mass is 284 g/mol. The first-order chi connectivity index (χ1) is 10.2. The molecule has 0 atom stereocenters. The molecule has 0 aliphatic heterocycles. The van der Waals surface area contributed by atoms with Crippen LogP contribution in [0.1, 0.15) is 25.0 Å². The first-order valence-corrected chi connectivity index (χ1v) is 7.33. The van der Waals surface area contributed by atoms with Crippen LogP contribution in [-0.2, 0) is 13.1 Å². The van der Waals surface area contributed by atoms with Gasteiger partial charge in [-0.15, -0.1) is 0 Å². The van der Waals surface area contributed by atoms with Gasteiger partial charge in [0, 0.05) is 30.4 Å². The van der Waals surface area contributed by atoms with Crippen molar-refractivity contribution in [1.29, 1.82) is 0 Å². The summed E-state index contributed by atoms with van der Waals surface area (Å²) in [5.41, 5.74) is 9.21. The van der Waals surface area contributed by atoms with Gasteiger partial charge >= 0.3 is 0 Å². The van der Waals surface area contributed by atoms with E-state index in [4.69, 9.17) is 10.5 Å². The van der Waals surface area contributed by atoms with Crippen molar-refractivity contribution in [2.75, 3.05) is 12.0 Å². The summed E-state index contributed by atoms with van der Waals surface area (Å²) in [5.74, 6) is 0.932. The second-order valence-corrected chi connectivity index (χ2v) is 5.40. The minimum Gasteiger partial charge on any atom is -0.496 e. The quantitative estimate of drug-likeness (QED) is 0.881. The fourth-order valence-electron chi connectivity index (χ4n) is 2.41. The van der Waals surface area contributed by atoms with Gasteiger partial charge in [0.05, 0.1) is 7.11 Å². The Morgan fingerprint density at radius 1 is 1.05 bits per heavy atom. The average Bonchev–Trinajstić information content (AvgIpc) is 2.53. The Balaban J connectivity index is 2.26. The van der Waals surface area contributed by atoms with Crippen LogP contribution in [0.4, 0.5) is 5.69 Å². The molecule has 3 nitrogen and oxygen atoms in total. The zero-order chi connectivity index (χ0) is 15.2. The Labute approximate surface area is 127 Å². The number of hydrogen-bond acceptors (Lipinski definition) is 3. The third-order valence-electron chi connectivity index (χ3n) is 3.66. The first-order valence-electron chi connectivity index (χ1n) is 7.33. The largest absolute Gasteiger partial charge is 0.496 e. The fourth-order valence-corrected chi connectivity index (χ4v) is 2.41. The van der Waals surface area contributed by atoms with E-state index in [1.165, 1.54) is 11.3 Å². The molecule has 2 rings (SSSR count). The van der Waals surface area contributed by atoms with E-state index in [0.717, 1.165) is 17.9 Å². The summed E-state index contributed by atoms with van der Waals surface area (Å²) in [6, 6.07) is 17.0. The number of rotatable bonds is 6. The molecule has 0 saturated carbocycles. The lowest BCUT2D eigenvalue weighted by Gasteiger charge is -2.30. The Kier molecular flexibility index (Phi) is 5.23. The molecule has 0 aromatic heterocycles. The van der Waals surface area contributed by atoms with Gasteiger partial charge in [-0.3, -0.25) is 0 Å². The molecule has 0 amide bonds. The lowest BCUT2D eigenvalue weighted by atomic mass is 10.1. The lowest BCUT2D eigenvalue weighted by molar-refractivity contribution is 0.408. The number of hydrogen-bond donors (Lipinski definition) is 1. The number of para-hydroxylation sites is 1. The minimum atomic E-state index is 0.402. The average molecular weight is 284 g/mol. The van der Waals surface area contributed by atoms with Crippen LogP contribution in [0.15, 0.2) is 48.5 Å². The molecule has 3 heteroatoms. The van der Waals surface area contributed by atoms with Gasteiger partial charge in [-0.05, 0) is 37.6 Å². The second kappa shape index (κ2) is 7.14. The lowest BCUT2D eigenvalue weighted by Crippen LogP contribution is -2.30. The van der Waals surface area contributed by atoms with E-state index < -0.39 is 0 Å². The molecule has 21 heavy (non-hydrogen) atoms. The van der Waals surface area contributed by atoms with E-state index >= 15 is 0 Å². The maximum Gasteiger partial charge on any atom is 0.123 e. The summed E-state index contributed by atoms with van der Waals surface area (Å²) in [7, 11) is 1.72. The number of ether oxygens (including phenoxy) is 1. The third-order valence-corrected chi connectivity index (χ3v) is 3.66. The predicted molar refractivity (Wildman–Crippen MR) is 88.6 cm³/mol. The van der Waals surface area contributed by atoms with E-state index in [1.54, 1.807) is 7.11 Å². The van der Waals surface area contributed by atoms with Crippen molar-refractivity contribution < 1.29 is 4.74 Å². The molecule has 0 fully saturated rings. The van der Waals surface area contributed by atoms with Gasteiger partial charge in [-0.2, -0.15) is 0 Å². The molecule has 2 aromatic rings. The Hall–Kier alpha value is -2.00. The molecule has 0 heterocycles. The summed E-state index contributed by atoms with van der Waals surface area (Å²) in [5, 5.41) is 0. The van der Waals surface area contributed by atoms with Crippen LogP contribution in [-0.4, -0.2) is 13.2 Å². The van der Waals surface area contributed by atoms with Gasteiger partial charge < -0.3 is 15.4 Å². The summed E-state index contributed by atoms with van der Waals surface area (Å²) >= 11 is 0. The summed E-state index contributed by atoms with van der Waals surface area (Å²) in [6.45, 7) is 5.80. The van der Waals surface area contributed by atoms with Crippen molar-refractivity contribution in [3.63, 3.8) is 0 Å². The molecule has 0 aliphatic rings. The molecule has 112 valence electrons. The zero-order valence-electron chi connectivity index (χ0n) is 13.0. The van der Waals surface area contributed by atoms with Crippen molar-refractivity contribution in [2.24, 2.45) is 5.73 Å². The highest BCUT2D eigenvalue weighted by molar-refractivity contribution is 5.50. The van der Waals surface area contributed by atoms with Crippen LogP contribution in [0.2, 0.25) is 0 Å².